The lowest BCUT2D eigenvalue weighted by molar-refractivity contribution is 0.203. The predicted molar refractivity (Wildman–Crippen MR) is 103 cm³/mol. The Balaban J connectivity index is 1.68. The average molecular weight is 373 g/mol. The van der Waals surface area contributed by atoms with Crippen molar-refractivity contribution in [1.29, 1.82) is 0 Å². The molecule has 0 amide bonds. The van der Waals surface area contributed by atoms with Crippen molar-refractivity contribution >= 4 is 34.6 Å². The number of aromatic nitrogens is 3. The lowest BCUT2D eigenvalue weighted by atomic mass is 9.98. The molecule has 25 heavy (non-hydrogen) atoms. The summed E-state index contributed by atoms with van der Waals surface area (Å²) in [6.45, 7) is 1.64. The summed E-state index contributed by atoms with van der Waals surface area (Å²) in [6, 6.07) is 6.84. The van der Waals surface area contributed by atoms with Crippen LogP contribution >= 0.6 is 22.7 Å². The summed E-state index contributed by atoms with van der Waals surface area (Å²) >= 11 is 3.65. The van der Waals surface area contributed by atoms with E-state index in [1.54, 1.807) is 11.3 Å². The number of nitrogens with two attached hydrogens (primary N) is 1. The molecule has 8 heteroatoms. The van der Waals surface area contributed by atoms with Gasteiger partial charge < -0.3 is 10.6 Å². The molecule has 0 radical (unpaired) electrons. The Morgan fingerprint density at radius 1 is 1.20 bits per heavy atom. The first-order chi connectivity index (χ1) is 12.1. The molecule has 4 heterocycles. The number of anilines is 2. The van der Waals surface area contributed by atoms with Crippen molar-refractivity contribution in [1.82, 2.24) is 19.9 Å². The Hall–Kier alpha value is -2.03. The van der Waals surface area contributed by atoms with Gasteiger partial charge in [-0.15, -0.1) is 22.7 Å². The molecule has 0 bridgehead atoms. The largest absolute Gasteiger partial charge is 0.368 e. The monoisotopic (exact) mass is 372 g/mol. The van der Waals surface area contributed by atoms with Gasteiger partial charge >= 0.3 is 0 Å². The van der Waals surface area contributed by atoms with Gasteiger partial charge in [0, 0.05) is 30.4 Å². The number of fused-ring (bicyclic) bond motifs is 1. The minimum Gasteiger partial charge on any atom is -0.368 e. The number of rotatable bonds is 4. The van der Waals surface area contributed by atoms with Crippen LogP contribution in [0.5, 0.6) is 0 Å². The summed E-state index contributed by atoms with van der Waals surface area (Å²) < 4.78 is 0. The van der Waals surface area contributed by atoms with Crippen LogP contribution in [0.15, 0.2) is 29.0 Å². The van der Waals surface area contributed by atoms with Crippen molar-refractivity contribution in [3.63, 3.8) is 0 Å². The molecule has 0 spiro atoms. The second-order valence-corrected chi connectivity index (χ2v) is 8.22. The van der Waals surface area contributed by atoms with Crippen molar-refractivity contribution in [2.75, 3.05) is 31.3 Å². The van der Waals surface area contributed by atoms with Gasteiger partial charge in [0.2, 0.25) is 11.9 Å². The highest BCUT2D eigenvalue weighted by Crippen LogP contribution is 2.39. The predicted octanol–water partition coefficient (Wildman–Crippen LogP) is 2.79. The van der Waals surface area contributed by atoms with Crippen LogP contribution in [0.1, 0.15) is 27.2 Å². The first kappa shape index (κ1) is 16.4. The fourth-order valence-corrected chi connectivity index (χ4v) is 4.98. The maximum atomic E-state index is 5.89. The van der Waals surface area contributed by atoms with Crippen molar-refractivity contribution < 1.29 is 0 Å². The van der Waals surface area contributed by atoms with Crippen LogP contribution in [0.3, 0.4) is 0 Å². The van der Waals surface area contributed by atoms with E-state index in [1.807, 2.05) is 30.3 Å². The normalized spacial score (nSPS) is 17.4. The molecular formula is C17H20N6S2. The molecule has 2 N–H and O–H groups in total. The average Bonchev–Trinajstić information content (AvgIpc) is 3.25. The SMILES string of the molecule is CN(C)c1nc(N)nc(CN2CCc3sccc3C2c2cccs2)n1. The lowest BCUT2D eigenvalue weighted by Crippen LogP contribution is -2.35. The molecule has 1 atom stereocenters. The molecule has 4 rings (SSSR count). The van der Waals surface area contributed by atoms with Crippen LogP contribution in [-0.2, 0) is 13.0 Å². The fourth-order valence-electron chi connectivity index (χ4n) is 3.20. The molecule has 3 aromatic rings. The van der Waals surface area contributed by atoms with Gasteiger partial charge in [-0.05, 0) is 34.9 Å². The zero-order valence-electron chi connectivity index (χ0n) is 14.2. The van der Waals surface area contributed by atoms with E-state index in [-0.39, 0.29) is 12.0 Å². The Kier molecular flexibility index (Phi) is 4.41. The number of thiophene rings is 2. The van der Waals surface area contributed by atoms with Gasteiger partial charge in [-0.2, -0.15) is 15.0 Å². The third-order valence-electron chi connectivity index (χ3n) is 4.31. The van der Waals surface area contributed by atoms with Crippen molar-refractivity contribution in [2.45, 2.75) is 19.0 Å². The molecule has 0 saturated heterocycles. The number of nitrogens with zero attached hydrogens (tertiary/aromatic N) is 5. The fraction of sp³-hybridized carbons (Fsp3) is 0.353. The Bertz CT molecular complexity index is 858. The van der Waals surface area contributed by atoms with Crippen LogP contribution in [0.25, 0.3) is 0 Å². The highest BCUT2D eigenvalue weighted by atomic mass is 32.1. The molecule has 1 unspecified atom stereocenters. The van der Waals surface area contributed by atoms with Gasteiger partial charge in [-0.3, -0.25) is 4.90 Å². The molecule has 0 saturated carbocycles. The minimum absolute atomic E-state index is 0.260. The number of nitrogen functional groups attached to an aromatic ring is 1. The summed E-state index contributed by atoms with van der Waals surface area (Å²) in [6.07, 6.45) is 1.07. The Morgan fingerprint density at radius 3 is 2.84 bits per heavy atom. The van der Waals surface area contributed by atoms with E-state index in [1.165, 1.54) is 15.3 Å². The maximum Gasteiger partial charge on any atom is 0.229 e. The zero-order chi connectivity index (χ0) is 17.4. The molecular weight excluding hydrogens is 352 g/mol. The molecule has 0 aliphatic carbocycles. The summed E-state index contributed by atoms with van der Waals surface area (Å²) in [4.78, 5) is 20.3. The van der Waals surface area contributed by atoms with E-state index in [0.717, 1.165) is 18.8 Å². The molecule has 130 valence electrons. The van der Waals surface area contributed by atoms with Gasteiger partial charge in [0.15, 0.2) is 0 Å². The van der Waals surface area contributed by atoms with Gasteiger partial charge in [0.05, 0.1) is 12.6 Å². The van der Waals surface area contributed by atoms with E-state index in [2.05, 4.69) is 48.8 Å². The van der Waals surface area contributed by atoms with E-state index in [9.17, 15) is 0 Å². The van der Waals surface area contributed by atoms with Gasteiger partial charge in [-0.1, -0.05) is 6.07 Å². The highest BCUT2D eigenvalue weighted by molar-refractivity contribution is 7.10. The molecule has 1 aliphatic rings. The second-order valence-electron chi connectivity index (χ2n) is 6.24. The van der Waals surface area contributed by atoms with Crippen molar-refractivity contribution in [3.8, 4) is 0 Å². The van der Waals surface area contributed by atoms with E-state index in [0.29, 0.717) is 12.5 Å². The Morgan fingerprint density at radius 2 is 2.08 bits per heavy atom. The van der Waals surface area contributed by atoms with Crippen molar-refractivity contribution in [2.24, 2.45) is 0 Å². The lowest BCUT2D eigenvalue weighted by Gasteiger charge is -2.35. The third-order valence-corrected chi connectivity index (χ3v) is 6.23. The van der Waals surface area contributed by atoms with E-state index in [4.69, 9.17) is 5.73 Å². The topological polar surface area (TPSA) is 71.2 Å². The van der Waals surface area contributed by atoms with Crippen molar-refractivity contribution in [3.05, 3.63) is 50.1 Å². The van der Waals surface area contributed by atoms with E-state index >= 15 is 0 Å². The quantitative estimate of drug-likeness (QED) is 0.759. The molecule has 1 aliphatic heterocycles. The second kappa shape index (κ2) is 6.70. The molecule has 0 fully saturated rings. The van der Waals surface area contributed by atoms with Gasteiger partial charge in [0.25, 0.3) is 0 Å². The zero-order valence-corrected chi connectivity index (χ0v) is 15.8. The highest BCUT2D eigenvalue weighted by Gasteiger charge is 2.31. The third kappa shape index (κ3) is 3.24. The summed E-state index contributed by atoms with van der Waals surface area (Å²) in [5.41, 5.74) is 7.30. The van der Waals surface area contributed by atoms with Crippen LogP contribution in [0.4, 0.5) is 11.9 Å². The summed E-state index contributed by atoms with van der Waals surface area (Å²) in [5.74, 6) is 1.59. The van der Waals surface area contributed by atoms with E-state index < -0.39 is 0 Å². The van der Waals surface area contributed by atoms with Crippen LogP contribution in [-0.4, -0.2) is 40.5 Å². The smallest absolute Gasteiger partial charge is 0.229 e. The van der Waals surface area contributed by atoms with Gasteiger partial charge in [-0.25, -0.2) is 0 Å². The number of hydrogen-bond acceptors (Lipinski definition) is 8. The summed E-state index contributed by atoms with van der Waals surface area (Å²) in [5, 5.41) is 4.33. The molecule has 3 aromatic heterocycles. The Labute approximate surface area is 155 Å². The molecule has 6 nitrogen and oxygen atoms in total. The standard InChI is InChI=1S/C17H20N6S2/c1-22(2)17-20-14(19-16(18)21-17)10-23-7-5-12-11(6-9-25-12)15(23)13-4-3-8-24-13/h3-4,6,8-9,15H,5,7,10H2,1-2H3,(H2,18,19,20,21). The first-order valence-corrected chi connectivity index (χ1v) is 9.89. The van der Waals surface area contributed by atoms with Crippen LogP contribution < -0.4 is 10.6 Å². The van der Waals surface area contributed by atoms with Crippen LogP contribution in [0, 0.1) is 0 Å². The summed E-state index contributed by atoms with van der Waals surface area (Å²) in [7, 11) is 3.82. The van der Waals surface area contributed by atoms with Crippen LogP contribution in [0.2, 0.25) is 0 Å². The maximum absolute atomic E-state index is 5.89. The number of hydrogen-bond donors (Lipinski definition) is 1. The minimum atomic E-state index is 0.260. The van der Waals surface area contributed by atoms with Gasteiger partial charge in [0.1, 0.15) is 5.82 Å². The molecule has 0 aromatic carbocycles. The first-order valence-electron chi connectivity index (χ1n) is 8.13.